The van der Waals surface area contributed by atoms with Crippen LogP contribution >= 0.6 is 0 Å². The van der Waals surface area contributed by atoms with Crippen molar-refractivity contribution in [3.63, 3.8) is 0 Å². The number of aromatic nitrogens is 1. The largest absolute Gasteiger partial charge is 0.394 e. The molecule has 1 aromatic heterocycles. The molecule has 2 aliphatic rings. The summed E-state index contributed by atoms with van der Waals surface area (Å²) < 4.78 is 11.6. The van der Waals surface area contributed by atoms with Crippen molar-refractivity contribution in [2.75, 3.05) is 26.9 Å². The van der Waals surface area contributed by atoms with Gasteiger partial charge in [-0.15, -0.1) is 0 Å². The molecule has 3 atom stereocenters. The molecule has 1 aliphatic heterocycles. The van der Waals surface area contributed by atoms with Crippen LogP contribution in [0.4, 0.5) is 0 Å². The highest BCUT2D eigenvalue weighted by molar-refractivity contribution is 5.77. The molecule has 1 saturated heterocycles. The Bertz CT molecular complexity index is 568. The maximum Gasteiger partial charge on any atom is 0.223 e. The highest BCUT2D eigenvalue weighted by Gasteiger charge is 2.52. The van der Waals surface area contributed by atoms with Crippen LogP contribution in [-0.4, -0.2) is 65.5 Å². The molecule has 2 heterocycles. The van der Waals surface area contributed by atoms with Gasteiger partial charge in [-0.2, -0.15) is 0 Å². The van der Waals surface area contributed by atoms with Crippen LogP contribution in [0.15, 0.2) is 24.5 Å². The fourth-order valence-corrected chi connectivity index (χ4v) is 4.27. The van der Waals surface area contributed by atoms with E-state index in [0.29, 0.717) is 19.4 Å². The van der Waals surface area contributed by atoms with Crippen LogP contribution in [-0.2, 0) is 20.7 Å². The van der Waals surface area contributed by atoms with Gasteiger partial charge in [-0.1, -0.05) is 6.07 Å². The topological polar surface area (TPSA) is 71.9 Å². The van der Waals surface area contributed by atoms with Gasteiger partial charge in [0.15, 0.2) is 0 Å². The maximum atomic E-state index is 12.8. The Kier molecular flexibility index (Phi) is 6.04. The minimum atomic E-state index is -0.233. The molecule has 0 spiro atoms. The third-order valence-corrected chi connectivity index (χ3v) is 5.66. The van der Waals surface area contributed by atoms with Gasteiger partial charge < -0.3 is 19.5 Å². The number of ether oxygens (including phenoxy) is 2. The Hall–Kier alpha value is -1.50. The Balaban J connectivity index is 1.63. The van der Waals surface area contributed by atoms with Crippen LogP contribution in [0.3, 0.4) is 0 Å². The summed E-state index contributed by atoms with van der Waals surface area (Å²) in [5.74, 6) is 0.176. The molecule has 2 unspecified atom stereocenters. The van der Waals surface area contributed by atoms with Gasteiger partial charge >= 0.3 is 0 Å². The first-order valence-electron chi connectivity index (χ1n) is 9.14. The minimum absolute atomic E-state index is 0.0321. The monoisotopic (exact) mass is 348 g/mol. The van der Waals surface area contributed by atoms with Crippen molar-refractivity contribution in [1.29, 1.82) is 0 Å². The summed E-state index contributed by atoms with van der Waals surface area (Å²) in [5.41, 5.74) is 0.851. The fraction of sp³-hybridized carbons (Fsp3) is 0.684. The summed E-state index contributed by atoms with van der Waals surface area (Å²) in [6.07, 6.45) is 8.34. The van der Waals surface area contributed by atoms with Gasteiger partial charge in [-0.3, -0.25) is 9.78 Å². The number of hydrogen-bond donors (Lipinski definition) is 1. The number of aliphatic hydroxyl groups is 1. The van der Waals surface area contributed by atoms with E-state index in [4.69, 9.17) is 14.6 Å². The van der Waals surface area contributed by atoms with E-state index in [1.54, 1.807) is 13.3 Å². The summed E-state index contributed by atoms with van der Waals surface area (Å²) in [4.78, 5) is 18.9. The van der Waals surface area contributed by atoms with Crippen LogP contribution in [0.5, 0.6) is 0 Å². The van der Waals surface area contributed by atoms with Gasteiger partial charge in [0.2, 0.25) is 5.91 Å². The molecule has 0 radical (unpaired) electrons. The lowest BCUT2D eigenvalue weighted by Crippen LogP contribution is -2.53. The number of hydrogen-bond acceptors (Lipinski definition) is 5. The van der Waals surface area contributed by atoms with Gasteiger partial charge in [-0.25, -0.2) is 0 Å². The zero-order valence-electron chi connectivity index (χ0n) is 14.9. The van der Waals surface area contributed by atoms with Crippen molar-refractivity contribution in [3.05, 3.63) is 30.1 Å². The molecular formula is C19H28N2O4. The molecule has 0 aromatic carbocycles. The van der Waals surface area contributed by atoms with Gasteiger partial charge in [0, 0.05) is 32.5 Å². The molecule has 2 fully saturated rings. The normalized spacial score (nSPS) is 28.8. The molecule has 1 saturated carbocycles. The molecule has 0 bridgehead atoms. The first-order valence-corrected chi connectivity index (χ1v) is 9.14. The standard InChI is InChI=1S/C19H28N2O4/c1-24-19-7-6-16(25-12-11-22)13-17(19)21(10-8-19)18(23)5-4-15-3-2-9-20-14-15/h2-3,9,14,16-17,22H,4-8,10-13H2,1H3/t16?,17?,19-/m1/s1. The molecule has 1 aliphatic carbocycles. The maximum absolute atomic E-state index is 12.8. The number of carbonyl (C=O) groups excluding carboxylic acids is 1. The highest BCUT2D eigenvalue weighted by Crippen LogP contribution is 2.43. The Labute approximate surface area is 149 Å². The lowest BCUT2D eigenvalue weighted by Gasteiger charge is -2.43. The first-order chi connectivity index (χ1) is 12.2. The van der Waals surface area contributed by atoms with E-state index in [9.17, 15) is 4.79 Å². The molecule has 138 valence electrons. The van der Waals surface area contributed by atoms with E-state index in [-0.39, 0.29) is 30.3 Å². The smallest absolute Gasteiger partial charge is 0.223 e. The molecular weight excluding hydrogens is 320 g/mol. The lowest BCUT2D eigenvalue weighted by atomic mass is 9.79. The van der Waals surface area contributed by atoms with E-state index in [0.717, 1.165) is 37.8 Å². The predicted molar refractivity (Wildman–Crippen MR) is 93.1 cm³/mol. The fourth-order valence-electron chi connectivity index (χ4n) is 4.27. The number of rotatable bonds is 7. The van der Waals surface area contributed by atoms with Crippen LogP contribution < -0.4 is 0 Å². The Morgan fingerprint density at radius 1 is 1.48 bits per heavy atom. The third kappa shape index (κ3) is 4.02. The summed E-state index contributed by atoms with van der Waals surface area (Å²) in [5, 5.41) is 8.98. The van der Waals surface area contributed by atoms with Crippen LogP contribution in [0.2, 0.25) is 0 Å². The molecule has 6 heteroatoms. The number of carbonyl (C=O) groups is 1. The van der Waals surface area contributed by atoms with Crippen LogP contribution in [0.1, 0.15) is 37.7 Å². The number of pyridine rings is 1. The van der Waals surface area contributed by atoms with Gasteiger partial charge in [0.25, 0.3) is 0 Å². The number of fused-ring (bicyclic) bond motifs is 1. The average molecular weight is 348 g/mol. The second-order valence-electron chi connectivity index (χ2n) is 6.97. The van der Waals surface area contributed by atoms with E-state index in [1.807, 2.05) is 23.2 Å². The van der Waals surface area contributed by atoms with E-state index in [2.05, 4.69) is 4.98 Å². The van der Waals surface area contributed by atoms with Crippen molar-refractivity contribution < 1.29 is 19.4 Å². The predicted octanol–water partition coefficient (Wildman–Crippen LogP) is 1.56. The summed E-state index contributed by atoms with van der Waals surface area (Å²) >= 11 is 0. The SMILES string of the molecule is CO[C@@]12CCC(OCCO)CC1N(C(=O)CCc1cccnc1)CC2. The van der Waals surface area contributed by atoms with E-state index >= 15 is 0 Å². The van der Waals surface area contributed by atoms with Gasteiger partial charge in [-0.05, 0) is 43.7 Å². The zero-order valence-corrected chi connectivity index (χ0v) is 14.9. The number of methoxy groups -OCH3 is 1. The van der Waals surface area contributed by atoms with Crippen molar-refractivity contribution in [1.82, 2.24) is 9.88 Å². The Morgan fingerprint density at radius 3 is 3.08 bits per heavy atom. The van der Waals surface area contributed by atoms with E-state index in [1.165, 1.54) is 0 Å². The quantitative estimate of drug-likeness (QED) is 0.810. The molecule has 1 aromatic rings. The van der Waals surface area contributed by atoms with Crippen molar-refractivity contribution >= 4 is 5.91 Å². The molecule has 1 N–H and O–H groups in total. The highest BCUT2D eigenvalue weighted by atomic mass is 16.5. The lowest BCUT2D eigenvalue weighted by molar-refractivity contribution is -0.142. The second-order valence-corrected chi connectivity index (χ2v) is 6.97. The van der Waals surface area contributed by atoms with E-state index < -0.39 is 0 Å². The molecule has 25 heavy (non-hydrogen) atoms. The van der Waals surface area contributed by atoms with Crippen LogP contribution in [0.25, 0.3) is 0 Å². The van der Waals surface area contributed by atoms with Crippen molar-refractivity contribution in [2.24, 2.45) is 0 Å². The second kappa shape index (κ2) is 8.25. The van der Waals surface area contributed by atoms with Gasteiger partial charge in [0.1, 0.15) is 0 Å². The summed E-state index contributed by atoms with van der Waals surface area (Å²) in [7, 11) is 1.76. The van der Waals surface area contributed by atoms with Crippen LogP contribution in [0, 0.1) is 0 Å². The number of amides is 1. The zero-order chi connectivity index (χ0) is 17.7. The number of nitrogens with zero attached hydrogens (tertiary/aromatic N) is 2. The minimum Gasteiger partial charge on any atom is -0.394 e. The number of aryl methyl sites for hydroxylation is 1. The number of likely N-dealkylation sites (tertiary alicyclic amines) is 1. The molecule has 1 amide bonds. The average Bonchev–Trinajstić information content (AvgIpc) is 3.04. The first kappa shape index (κ1) is 18.3. The summed E-state index contributed by atoms with van der Waals surface area (Å²) in [6.45, 7) is 1.13. The van der Waals surface area contributed by atoms with Gasteiger partial charge in [0.05, 0.1) is 31.0 Å². The Morgan fingerprint density at radius 2 is 2.36 bits per heavy atom. The number of aliphatic hydroxyl groups excluding tert-OH is 1. The molecule has 6 nitrogen and oxygen atoms in total. The third-order valence-electron chi connectivity index (χ3n) is 5.66. The van der Waals surface area contributed by atoms with Crippen molar-refractivity contribution in [3.8, 4) is 0 Å². The van der Waals surface area contributed by atoms with Crippen molar-refractivity contribution in [2.45, 2.75) is 56.3 Å². The molecule has 3 rings (SSSR count). The summed E-state index contributed by atoms with van der Waals surface area (Å²) in [6, 6.07) is 3.97.